The van der Waals surface area contributed by atoms with E-state index in [0.29, 0.717) is 13.1 Å². The molecule has 138 valence electrons. The molecular formula is C20H30N2O3. The summed E-state index contributed by atoms with van der Waals surface area (Å²) in [6, 6.07) is 10.2. The van der Waals surface area contributed by atoms with Crippen LogP contribution in [-0.4, -0.2) is 73.4 Å². The summed E-state index contributed by atoms with van der Waals surface area (Å²) in [5.74, 6) is 0.0820. The van der Waals surface area contributed by atoms with Gasteiger partial charge in [-0.1, -0.05) is 30.3 Å². The highest BCUT2D eigenvalue weighted by Crippen LogP contribution is 2.35. The summed E-state index contributed by atoms with van der Waals surface area (Å²) in [5, 5.41) is 9.98. The minimum absolute atomic E-state index is 0.0820. The van der Waals surface area contributed by atoms with E-state index in [9.17, 15) is 9.90 Å². The van der Waals surface area contributed by atoms with Crippen LogP contribution in [0.3, 0.4) is 0 Å². The van der Waals surface area contributed by atoms with Gasteiger partial charge in [0, 0.05) is 31.6 Å². The molecule has 0 atom stereocenters. The number of carbonyl (C=O) groups is 1. The van der Waals surface area contributed by atoms with Gasteiger partial charge in [-0.05, 0) is 38.3 Å². The van der Waals surface area contributed by atoms with Crippen LogP contribution in [0.25, 0.3) is 0 Å². The molecule has 5 heteroatoms. The van der Waals surface area contributed by atoms with Crippen LogP contribution < -0.4 is 0 Å². The van der Waals surface area contributed by atoms with Gasteiger partial charge < -0.3 is 19.6 Å². The summed E-state index contributed by atoms with van der Waals surface area (Å²) >= 11 is 0. The minimum atomic E-state index is -0.215. The second kappa shape index (κ2) is 8.30. The van der Waals surface area contributed by atoms with Gasteiger partial charge in [-0.3, -0.25) is 4.79 Å². The maximum atomic E-state index is 12.5. The van der Waals surface area contributed by atoms with E-state index in [2.05, 4.69) is 24.1 Å². The van der Waals surface area contributed by atoms with Crippen molar-refractivity contribution >= 4 is 5.91 Å². The van der Waals surface area contributed by atoms with Crippen LogP contribution in [0, 0.1) is 0 Å². The number of rotatable bonds is 5. The molecule has 5 nitrogen and oxygen atoms in total. The smallest absolute Gasteiger partial charge is 0.248 e. The molecule has 3 rings (SSSR count). The molecule has 1 aromatic rings. The van der Waals surface area contributed by atoms with E-state index in [4.69, 9.17) is 4.74 Å². The van der Waals surface area contributed by atoms with Crippen molar-refractivity contribution in [2.75, 3.05) is 46.4 Å². The van der Waals surface area contributed by atoms with Crippen LogP contribution in [0.5, 0.6) is 0 Å². The highest BCUT2D eigenvalue weighted by Gasteiger charge is 2.37. The molecule has 1 aromatic carbocycles. The lowest BCUT2D eigenvalue weighted by atomic mass is 9.73. The van der Waals surface area contributed by atoms with Crippen molar-refractivity contribution in [2.24, 2.45) is 0 Å². The Balaban J connectivity index is 1.49. The number of likely N-dealkylation sites (tertiary alicyclic amines) is 2. The van der Waals surface area contributed by atoms with E-state index in [1.807, 2.05) is 23.1 Å². The molecule has 2 heterocycles. The number of nitrogens with zero attached hydrogens (tertiary/aromatic N) is 2. The average Bonchev–Trinajstić information content (AvgIpc) is 2.68. The third-order valence-electron chi connectivity index (χ3n) is 5.87. The maximum absolute atomic E-state index is 12.5. The van der Waals surface area contributed by atoms with Gasteiger partial charge in [0.25, 0.3) is 0 Å². The average molecular weight is 346 g/mol. The van der Waals surface area contributed by atoms with Crippen LogP contribution in [0.15, 0.2) is 30.3 Å². The predicted molar refractivity (Wildman–Crippen MR) is 97.5 cm³/mol. The van der Waals surface area contributed by atoms with Crippen LogP contribution in [0.2, 0.25) is 0 Å². The number of aliphatic hydroxyl groups is 1. The molecule has 0 bridgehead atoms. The van der Waals surface area contributed by atoms with Crippen molar-refractivity contribution < 1.29 is 14.6 Å². The number of benzene rings is 1. The van der Waals surface area contributed by atoms with Crippen molar-refractivity contribution in [3.63, 3.8) is 0 Å². The molecule has 2 aliphatic rings. The maximum Gasteiger partial charge on any atom is 0.248 e. The second-order valence-electron chi connectivity index (χ2n) is 7.50. The first-order valence-electron chi connectivity index (χ1n) is 9.37. The molecule has 0 spiro atoms. The van der Waals surface area contributed by atoms with E-state index in [-0.39, 0.29) is 30.6 Å². The van der Waals surface area contributed by atoms with Gasteiger partial charge in [-0.2, -0.15) is 0 Å². The van der Waals surface area contributed by atoms with E-state index in [0.717, 1.165) is 38.8 Å². The molecule has 2 saturated heterocycles. The number of hydrogen-bond acceptors (Lipinski definition) is 4. The van der Waals surface area contributed by atoms with Gasteiger partial charge >= 0.3 is 0 Å². The fourth-order valence-corrected chi connectivity index (χ4v) is 3.95. The zero-order valence-electron chi connectivity index (χ0n) is 15.2. The lowest BCUT2D eigenvalue weighted by molar-refractivity contribution is -0.141. The van der Waals surface area contributed by atoms with Crippen LogP contribution in [0.4, 0.5) is 0 Å². The van der Waals surface area contributed by atoms with Gasteiger partial charge in [-0.15, -0.1) is 0 Å². The van der Waals surface area contributed by atoms with Crippen LogP contribution in [0.1, 0.15) is 31.2 Å². The number of amides is 1. The molecule has 0 aromatic heterocycles. The standard InChI is InChI=1S/C20H30N2O3/c1-21-11-7-18(8-12-21)25-15-19(24)22-13-9-20(16-23,10-14-22)17-5-3-2-4-6-17/h2-6,18,23H,7-16H2,1H3. The highest BCUT2D eigenvalue weighted by atomic mass is 16.5. The number of carbonyl (C=O) groups excluding carboxylic acids is 1. The van der Waals surface area contributed by atoms with Gasteiger partial charge in [0.2, 0.25) is 5.91 Å². The molecule has 2 aliphatic heterocycles. The first kappa shape index (κ1) is 18.4. The molecule has 0 unspecified atom stereocenters. The zero-order valence-corrected chi connectivity index (χ0v) is 15.2. The largest absolute Gasteiger partial charge is 0.395 e. The van der Waals surface area contributed by atoms with Crippen LogP contribution in [-0.2, 0) is 14.9 Å². The third-order valence-corrected chi connectivity index (χ3v) is 5.87. The first-order valence-corrected chi connectivity index (χ1v) is 9.37. The van der Waals surface area contributed by atoms with Crippen molar-refractivity contribution in [3.8, 4) is 0 Å². The Bertz CT molecular complexity index is 547. The van der Waals surface area contributed by atoms with Crippen molar-refractivity contribution in [1.82, 2.24) is 9.80 Å². The summed E-state index contributed by atoms with van der Waals surface area (Å²) in [7, 11) is 2.12. The number of aliphatic hydroxyl groups excluding tert-OH is 1. The molecule has 2 fully saturated rings. The molecule has 0 aliphatic carbocycles. The summed E-state index contributed by atoms with van der Waals surface area (Å²) in [6.07, 6.45) is 3.82. The molecule has 0 radical (unpaired) electrons. The van der Waals surface area contributed by atoms with Crippen LogP contribution >= 0.6 is 0 Å². The fourth-order valence-electron chi connectivity index (χ4n) is 3.95. The van der Waals surface area contributed by atoms with Gasteiger partial charge in [0.15, 0.2) is 0 Å². The van der Waals surface area contributed by atoms with E-state index < -0.39 is 0 Å². The SMILES string of the molecule is CN1CCC(OCC(=O)N2CCC(CO)(c3ccccc3)CC2)CC1. The first-order chi connectivity index (χ1) is 12.1. The molecular weight excluding hydrogens is 316 g/mol. The molecule has 25 heavy (non-hydrogen) atoms. The Labute approximate surface area is 150 Å². The summed E-state index contributed by atoms with van der Waals surface area (Å²) < 4.78 is 5.84. The molecule has 1 amide bonds. The predicted octanol–water partition coefficient (Wildman–Crippen LogP) is 1.65. The quantitative estimate of drug-likeness (QED) is 0.881. The summed E-state index contributed by atoms with van der Waals surface area (Å²) in [6.45, 7) is 3.77. The lowest BCUT2D eigenvalue weighted by Crippen LogP contribution is -2.48. The third kappa shape index (κ3) is 4.40. The Morgan fingerprint density at radius 1 is 1.16 bits per heavy atom. The van der Waals surface area contributed by atoms with Crippen molar-refractivity contribution in [1.29, 1.82) is 0 Å². The Morgan fingerprint density at radius 2 is 1.80 bits per heavy atom. The normalized spacial score (nSPS) is 22.1. The topological polar surface area (TPSA) is 53.0 Å². The van der Waals surface area contributed by atoms with Crippen molar-refractivity contribution in [3.05, 3.63) is 35.9 Å². The second-order valence-corrected chi connectivity index (χ2v) is 7.50. The number of ether oxygens (including phenoxy) is 1. The number of hydrogen-bond donors (Lipinski definition) is 1. The van der Waals surface area contributed by atoms with Gasteiger partial charge in [0.1, 0.15) is 6.61 Å². The lowest BCUT2D eigenvalue weighted by Gasteiger charge is -2.41. The highest BCUT2D eigenvalue weighted by molar-refractivity contribution is 5.77. The van der Waals surface area contributed by atoms with Gasteiger partial charge in [-0.25, -0.2) is 0 Å². The van der Waals surface area contributed by atoms with E-state index in [1.165, 1.54) is 5.56 Å². The Morgan fingerprint density at radius 3 is 2.40 bits per heavy atom. The summed E-state index contributed by atoms with van der Waals surface area (Å²) in [4.78, 5) is 16.7. The Kier molecular flexibility index (Phi) is 6.10. The summed E-state index contributed by atoms with van der Waals surface area (Å²) in [5.41, 5.74) is 0.958. The van der Waals surface area contributed by atoms with E-state index >= 15 is 0 Å². The Hall–Kier alpha value is -1.43. The van der Waals surface area contributed by atoms with Gasteiger partial charge in [0.05, 0.1) is 12.7 Å². The monoisotopic (exact) mass is 346 g/mol. The molecule has 1 N–H and O–H groups in total. The minimum Gasteiger partial charge on any atom is -0.395 e. The molecule has 0 saturated carbocycles. The fraction of sp³-hybridized carbons (Fsp3) is 0.650. The van der Waals surface area contributed by atoms with E-state index in [1.54, 1.807) is 0 Å². The van der Waals surface area contributed by atoms with Crippen molar-refractivity contribution in [2.45, 2.75) is 37.2 Å². The number of piperidine rings is 2. The zero-order chi connectivity index (χ0) is 17.7.